The van der Waals surface area contributed by atoms with Crippen LogP contribution in [0.2, 0.25) is 0 Å². The van der Waals surface area contributed by atoms with Crippen LogP contribution in [0.5, 0.6) is 0 Å². The lowest BCUT2D eigenvalue weighted by atomic mass is 9.97. The molecule has 2 aromatic carbocycles. The van der Waals surface area contributed by atoms with Gasteiger partial charge in [-0.15, -0.1) is 0 Å². The molecular formula is C26H30N2O6. The molecule has 0 aromatic heterocycles. The zero-order valence-corrected chi connectivity index (χ0v) is 19.2. The van der Waals surface area contributed by atoms with Crippen LogP contribution in [0, 0.1) is 0 Å². The van der Waals surface area contributed by atoms with Crippen molar-refractivity contribution in [2.75, 3.05) is 20.3 Å². The minimum absolute atomic E-state index is 0.0989. The van der Waals surface area contributed by atoms with E-state index in [4.69, 9.17) is 9.47 Å². The van der Waals surface area contributed by atoms with Gasteiger partial charge in [-0.3, -0.25) is 4.79 Å². The molecule has 1 fully saturated rings. The Hall–Kier alpha value is -3.39. The van der Waals surface area contributed by atoms with Gasteiger partial charge in [0.25, 0.3) is 0 Å². The summed E-state index contributed by atoms with van der Waals surface area (Å²) in [6.45, 7) is 0.347. The maximum Gasteiger partial charge on any atom is 0.407 e. The van der Waals surface area contributed by atoms with Crippen molar-refractivity contribution < 1.29 is 29.0 Å². The van der Waals surface area contributed by atoms with Crippen LogP contribution < -0.4 is 10.6 Å². The number of carboxylic acids is 1. The van der Waals surface area contributed by atoms with E-state index in [9.17, 15) is 19.5 Å². The molecule has 0 aliphatic heterocycles. The average Bonchev–Trinajstić information content (AvgIpc) is 3.44. The Balaban J connectivity index is 1.42. The second-order valence-corrected chi connectivity index (χ2v) is 8.89. The standard InChI is InChI=1S/C26H30N2O6/c1-33-15-12-22(23(29)28-26(24(30)31)13-6-7-14-26)27-25(32)34-16-21-19-10-4-2-8-17(19)18-9-3-5-11-20(18)21/h2-5,8-11,21-22H,6-7,12-16H2,1H3,(H,27,32)(H,28,29)(H,30,31). The van der Waals surface area contributed by atoms with E-state index in [1.807, 2.05) is 36.4 Å². The molecule has 3 N–H and O–H groups in total. The molecule has 2 aromatic rings. The Morgan fingerprint density at radius 2 is 1.62 bits per heavy atom. The van der Waals surface area contributed by atoms with E-state index in [-0.39, 0.29) is 25.6 Å². The lowest BCUT2D eigenvalue weighted by Crippen LogP contribution is -2.58. The van der Waals surface area contributed by atoms with E-state index in [2.05, 4.69) is 22.8 Å². The predicted molar refractivity (Wildman–Crippen MR) is 125 cm³/mol. The smallest absolute Gasteiger partial charge is 0.407 e. The molecule has 1 atom stereocenters. The molecule has 0 bridgehead atoms. The van der Waals surface area contributed by atoms with E-state index < -0.39 is 29.6 Å². The maximum absolute atomic E-state index is 12.9. The normalized spacial score (nSPS) is 16.9. The van der Waals surface area contributed by atoms with Crippen LogP contribution in [-0.4, -0.2) is 55.0 Å². The molecule has 8 heteroatoms. The number of benzene rings is 2. The van der Waals surface area contributed by atoms with Gasteiger partial charge in [0.2, 0.25) is 5.91 Å². The highest BCUT2D eigenvalue weighted by Crippen LogP contribution is 2.44. The third-order valence-electron chi connectivity index (χ3n) is 6.79. The molecule has 2 amide bonds. The minimum atomic E-state index is -1.29. The summed E-state index contributed by atoms with van der Waals surface area (Å²) in [6.07, 6.45) is 1.67. The Kier molecular flexibility index (Phi) is 7.17. The summed E-state index contributed by atoms with van der Waals surface area (Å²) in [5, 5.41) is 14.9. The van der Waals surface area contributed by atoms with Crippen molar-refractivity contribution >= 4 is 18.0 Å². The van der Waals surface area contributed by atoms with Gasteiger partial charge in [0.15, 0.2) is 0 Å². The van der Waals surface area contributed by atoms with Crippen LogP contribution in [0.3, 0.4) is 0 Å². The quantitative estimate of drug-likeness (QED) is 0.522. The summed E-state index contributed by atoms with van der Waals surface area (Å²) >= 11 is 0. The van der Waals surface area contributed by atoms with Gasteiger partial charge in [-0.1, -0.05) is 61.4 Å². The van der Waals surface area contributed by atoms with Crippen molar-refractivity contribution in [3.63, 3.8) is 0 Å². The number of carbonyl (C=O) groups is 3. The summed E-state index contributed by atoms with van der Waals surface area (Å²) in [6, 6.07) is 15.1. The summed E-state index contributed by atoms with van der Waals surface area (Å²) < 4.78 is 10.6. The van der Waals surface area contributed by atoms with Crippen molar-refractivity contribution in [2.24, 2.45) is 0 Å². The van der Waals surface area contributed by atoms with Crippen molar-refractivity contribution in [1.82, 2.24) is 10.6 Å². The summed E-state index contributed by atoms with van der Waals surface area (Å²) in [5.74, 6) is -1.70. The predicted octanol–water partition coefficient (Wildman–Crippen LogP) is 3.44. The van der Waals surface area contributed by atoms with Gasteiger partial charge in [-0.2, -0.15) is 0 Å². The summed E-state index contributed by atoms with van der Waals surface area (Å²) in [4.78, 5) is 37.4. The number of carboxylic acid groups (broad SMARTS) is 1. The van der Waals surface area contributed by atoms with Crippen molar-refractivity contribution in [3.8, 4) is 11.1 Å². The molecule has 2 aliphatic rings. The van der Waals surface area contributed by atoms with Crippen LogP contribution in [0.15, 0.2) is 48.5 Å². The monoisotopic (exact) mass is 466 g/mol. The van der Waals surface area contributed by atoms with Gasteiger partial charge in [0.05, 0.1) is 0 Å². The lowest BCUT2D eigenvalue weighted by Gasteiger charge is -2.28. The number of rotatable bonds is 9. The number of hydrogen-bond acceptors (Lipinski definition) is 5. The zero-order chi connectivity index (χ0) is 24.1. The summed E-state index contributed by atoms with van der Waals surface area (Å²) in [7, 11) is 1.50. The molecule has 8 nitrogen and oxygen atoms in total. The Bertz CT molecular complexity index is 1020. The number of hydrogen-bond donors (Lipinski definition) is 3. The van der Waals surface area contributed by atoms with Crippen LogP contribution >= 0.6 is 0 Å². The molecule has 34 heavy (non-hydrogen) atoms. The number of carbonyl (C=O) groups excluding carboxylic acids is 2. The van der Waals surface area contributed by atoms with Crippen molar-refractivity contribution in [2.45, 2.75) is 49.6 Å². The van der Waals surface area contributed by atoms with Crippen LogP contribution in [0.1, 0.15) is 49.1 Å². The number of ether oxygens (including phenoxy) is 2. The fourth-order valence-corrected chi connectivity index (χ4v) is 4.98. The highest BCUT2D eigenvalue weighted by Gasteiger charge is 2.43. The molecule has 0 spiro atoms. The first-order chi connectivity index (χ1) is 16.4. The Morgan fingerprint density at radius 1 is 1.03 bits per heavy atom. The van der Waals surface area contributed by atoms with Gasteiger partial charge < -0.3 is 25.2 Å². The first kappa shape index (κ1) is 23.8. The number of alkyl carbamates (subject to hydrolysis) is 1. The molecular weight excluding hydrogens is 436 g/mol. The van der Waals surface area contributed by atoms with Crippen molar-refractivity contribution in [1.29, 1.82) is 0 Å². The third kappa shape index (κ3) is 4.77. The van der Waals surface area contributed by atoms with Crippen LogP contribution in [-0.2, 0) is 19.1 Å². The molecule has 2 aliphatic carbocycles. The first-order valence-corrected chi connectivity index (χ1v) is 11.6. The van der Waals surface area contributed by atoms with Gasteiger partial charge >= 0.3 is 12.1 Å². The van der Waals surface area contributed by atoms with E-state index in [0.29, 0.717) is 12.8 Å². The van der Waals surface area contributed by atoms with E-state index in [0.717, 1.165) is 35.1 Å². The molecule has 1 unspecified atom stereocenters. The molecule has 0 heterocycles. The van der Waals surface area contributed by atoms with Crippen LogP contribution in [0.25, 0.3) is 11.1 Å². The van der Waals surface area contributed by atoms with Gasteiger partial charge in [0, 0.05) is 26.1 Å². The van der Waals surface area contributed by atoms with Gasteiger partial charge in [-0.25, -0.2) is 9.59 Å². The number of nitrogens with one attached hydrogen (secondary N) is 2. The largest absolute Gasteiger partial charge is 0.480 e. The number of amides is 2. The number of aliphatic carboxylic acids is 1. The van der Waals surface area contributed by atoms with Crippen molar-refractivity contribution in [3.05, 3.63) is 59.7 Å². The molecule has 0 radical (unpaired) electrons. The minimum Gasteiger partial charge on any atom is -0.480 e. The average molecular weight is 467 g/mol. The summed E-state index contributed by atoms with van der Waals surface area (Å²) in [5.41, 5.74) is 3.15. The fourth-order valence-electron chi connectivity index (χ4n) is 4.98. The van der Waals surface area contributed by atoms with E-state index in [1.54, 1.807) is 0 Å². The highest BCUT2D eigenvalue weighted by atomic mass is 16.5. The Morgan fingerprint density at radius 3 is 2.18 bits per heavy atom. The molecule has 4 rings (SSSR count). The number of fused-ring (bicyclic) bond motifs is 3. The van der Waals surface area contributed by atoms with E-state index >= 15 is 0 Å². The van der Waals surface area contributed by atoms with E-state index in [1.165, 1.54) is 7.11 Å². The zero-order valence-electron chi connectivity index (χ0n) is 19.2. The van der Waals surface area contributed by atoms with Crippen LogP contribution in [0.4, 0.5) is 4.79 Å². The second kappa shape index (κ2) is 10.3. The topological polar surface area (TPSA) is 114 Å². The Labute approximate surface area is 198 Å². The third-order valence-corrected chi connectivity index (χ3v) is 6.79. The van der Waals surface area contributed by atoms with Gasteiger partial charge in [0.1, 0.15) is 18.2 Å². The molecule has 1 saturated carbocycles. The van der Waals surface area contributed by atoms with Gasteiger partial charge in [-0.05, 0) is 35.1 Å². The molecule has 180 valence electrons. The SMILES string of the molecule is COCCC(NC(=O)OCC1c2ccccc2-c2ccccc21)C(=O)NC1(C(=O)O)CCCC1. The first-order valence-electron chi connectivity index (χ1n) is 11.6. The maximum atomic E-state index is 12.9. The fraction of sp³-hybridized carbons (Fsp3) is 0.423. The lowest BCUT2D eigenvalue weighted by molar-refractivity contribution is -0.147. The number of methoxy groups -OCH3 is 1. The second-order valence-electron chi connectivity index (χ2n) is 8.89. The molecule has 0 saturated heterocycles. The highest BCUT2D eigenvalue weighted by molar-refractivity contribution is 5.91.